The van der Waals surface area contributed by atoms with E-state index in [9.17, 15) is 4.79 Å². The molecule has 0 saturated heterocycles. The normalized spacial score (nSPS) is 10.4. The number of aryl methyl sites for hydroxylation is 1. The molecular formula is C19H17NO2. The molecule has 110 valence electrons. The molecule has 0 bridgehead atoms. The molecule has 0 unspecified atom stereocenters. The first kappa shape index (κ1) is 14.1. The van der Waals surface area contributed by atoms with Crippen molar-refractivity contribution in [2.45, 2.75) is 13.5 Å². The Bertz CT molecular complexity index is 731. The number of amides is 1. The van der Waals surface area contributed by atoms with Gasteiger partial charge in [-0.1, -0.05) is 35.9 Å². The number of hydrogen-bond acceptors (Lipinski definition) is 2. The summed E-state index contributed by atoms with van der Waals surface area (Å²) >= 11 is 0. The number of carbonyl (C=O) groups is 1. The van der Waals surface area contributed by atoms with Crippen LogP contribution < -0.4 is 4.90 Å². The average Bonchev–Trinajstić information content (AvgIpc) is 3.07. The van der Waals surface area contributed by atoms with Crippen molar-refractivity contribution in [3.8, 4) is 0 Å². The van der Waals surface area contributed by atoms with Gasteiger partial charge in [-0.25, -0.2) is 0 Å². The largest absolute Gasteiger partial charge is 0.467 e. The molecule has 3 aromatic rings. The van der Waals surface area contributed by atoms with Gasteiger partial charge in [-0.3, -0.25) is 4.79 Å². The number of benzene rings is 2. The van der Waals surface area contributed by atoms with Crippen LogP contribution in [-0.4, -0.2) is 5.91 Å². The third kappa shape index (κ3) is 3.09. The maximum atomic E-state index is 12.8. The van der Waals surface area contributed by atoms with E-state index < -0.39 is 0 Å². The first-order valence-corrected chi connectivity index (χ1v) is 7.20. The van der Waals surface area contributed by atoms with Crippen molar-refractivity contribution in [3.05, 3.63) is 89.9 Å². The van der Waals surface area contributed by atoms with Crippen molar-refractivity contribution in [1.82, 2.24) is 0 Å². The van der Waals surface area contributed by atoms with Crippen molar-refractivity contribution in [2.24, 2.45) is 0 Å². The van der Waals surface area contributed by atoms with E-state index in [2.05, 4.69) is 0 Å². The lowest BCUT2D eigenvalue weighted by Gasteiger charge is -2.22. The molecule has 3 rings (SSSR count). The minimum absolute atomic E-state index is 0.0409. The molecule has 0 atom stereocenters. The molecule has 0 fully saturated rings. The SMILES string of the molecule is Cc1ccc(N(Cc2ccco2)C(=O)c2ccccc2)cc1. The van der Waals surface area contributed by atoms with Crippen LogP contribution in [0.1, 0.15) is 21.7 Å². The number of rotatable bonds is 4. The highest BCUT2D eigenvalue weighted by Crippen LogP contribution is 2.21. The van der Waals surface area contributed by atoms with Crippen LogP contribution in [0.15, 0.2) is 77.4 Å². The number of anilines is 1. The molecule has 1 amide bonds. The van der Waals surface area contributed by atoms with Gasteiger partial charge in [0.2, 0.25) is 0 Å². The van der Waals surface area contributed by atoms with Crippen LogP contribution >= 0.6 is 0 Å². The zero-order valence-electron chi connectivity index (χ0n) is 12.4. The second-order valence-corrected chi connectivity index (χ2v) is 5.17. The zero-order chi connectivity index (χ0) is 15.4. The standard InChI is InChI=1S/C19H17NO2/c1-15-9-11-17(12-10-15)20(14-18-8-5-13-22-18)19(21)16-6-3-2-4-7-16/h2-13H,14H2,1H3. The zero-order valence-corrected chi connectivity index (χ0v) is 12.4. The monoisotopic (exact) mass is 291 g/mol. The van der Waals surface area contributed by atoms with E-state index in [4.69, 9.17) is 4.42 Å². The predicted octanol–water partition coefficient (Wildman–Crippen LogP) is 4.44. The van der Waals surface area contributed by atoms with Crippen molar-refractivity contribution >= 4 is 11.6 Å². The van der Waals surface area contributed by atoms with E-state index >= 15 is 0 Å². The highest BCUT2D eigenvalue weighted by Gasteiger charge is 2.18. The molecule has 0 radical (unpaired) electrons. The maximum absolute atomic E-state index is 12.8. The summed E-state index contributed by atoms with van der Waals surface area (Å²) in [6.07, 6.45) is 1.62. The lowest BCUT2D eigenvalue weighted by molar-refractivity contribution is 0.0983. The molecule has 2 aromatic carbocycles. The van der Waals surface area contributed by atoms with Crippen LogP contribution in [0.25, 0.3) is 0 Å². The molecule has 1 aromatic heterocycles. The molecule has 22 heavy (non-hydrogen) atoms. The number of nitrogens with zero attached hydrogens (tertiary/aromatic N) is 1. The van der Waals surface area contributed by atoms with Gasteiger partial charge >= 0.3 is 0 Å². The maximum Gasteiger partial charge on any atom is 0.258 e. The average molecular weight is 291 g/mol. The van der Waals surface area contributed by atoms with Crippen LogP contribution in [0.2, 0.25) is 0 Å². The Labute approximate surface area is 129 Å². The molecule has 0 aliphatic heterocycles. The quantitative estimate of drug-likeness (QED) is 0.712. The first-order valence-electron chi connectivity index (χ1n) is 7.20. The number of carbonyl (C=O) groups excluding carboxylic acids is 1. The van der Waals surface area contributed by atoms with Crippen molar-refractivity contribution in [1.29, 1.82) is 0 Å². The van der Waals surface area contributed by atoms with Crippen LogP contribution in [0.4, 0.5) is 5.69 Å². The Hall–Kier alpha value is -2.81. The summed E-state index contributed by atoms with van der Waals surface area (Å²) in [5, 5.41) is 0. The topological polar surface area (TPSA) is 33.5 Å². The van der Waals surface area contributed by atoms with E-state index in [1.54, 1.807) is 11.2 Å². The van der Waals surface area contributed by atoms with E-state index in [0.717, 1.165) is 17.0 Å². The Kier molecular flexibility index (Phi) is 4.05. The van der Waals surface area contributed by atoms with Gasteiger partial charge < -0.3 is 9.32 Å². The lowest BCUT2D eigenvalue weighted by atomic mass is 10.1. The van der Waals surface area contributed by atoms with Crippen LogP contribution in [0.5, 0.6) is 0 Å². The van der Waals surface area contributed by atoms with Gasteiger partial charge in [0.25, 0.3) is 5.91 Å². The van der Waals surface area contributed by atoms with Gasteiger partial charge in [0, 0.05) is 11.3 Å². The minimum Gasteiger partial charge on any atom is -0.467 e. The van der Waals surface area contributed by atoms with Gasteiger partial charge in [-0.05, 0) is 43.3 Å². The van der Waals surface area contributed by atoms with E-state index in [0.29, 0.717) is 12.1 Å². The molecule has 0 aliphatic rings. The fraction of sp³-hybridized carbons (Fsp3) is 0.105. The van der Waals surface area contributed by atoms with Gasteiger partial charge in [0.15, 0.2) is 0 Å². The smallest absolute Gasteiger partial charge is 0.258 e. The molecular weight excluding hydrogens is 274 g/mol. The van der Waals surface area contributed by atoms with Gasteiger partial charge in [0.1, 0.15) is 5.76 Å². The number of furan rings is 1. The van der Waals surface area contributed by atoms with Crippen molar-refractivity contribution in [3.63, 3.8) is 0 Å². The van der Waals surface area contributed by atoms with E-state index in [1.165, 1.54) is 0 Å². The number of hydrogen-bond donors (Lipinski definition) is 0. The van der Waals surface area contributed by atoms with Crippen LogP contribution in [-0.2, 0) is 6.54 Å². The summed E-state index contributed by atoms with van der Waals surface area (Å²) in [4.78, 5) is 14.6. The molecule has 0 aliphatic carbocycles. The fourth-order valence-corrected chi connectivity index (χ4v) is 2.30. The van der Waals surface area contributed by atoms with Crippen LogP contribution in [0.3, 0.4) is 0 Å². The van der Waals surface area contributed by atoms with Gasteiger partial charge in [0.05, 0.1) is 12.8 Å². The van der Waals surface area contributed by atoms with E-state index in [-0.39, 0.29) is 5.91 Å². The summed E-state index contributed by atoms with van der Waals surface area (Å²) in [6.45, 7) is 2.43. The molecule has 0 spiro atoms. The highest BCUT2D eigenvalue weighted by molar-refractivity contribution is 6.05. The third-order valence-electron chi connectivity index (χ3n) is 3.51. The van der Waals surface area contributed by atoms with Gasteiger partial charge in [-0.2, -0.15) is 0 Å². The molecule has 1 heterocycles. The second kappa shape index (κ2) is 6.31. The third-order valence-corrected chi connectivity index (χ3v) is 3.51. The summed E-state index contributed by atoms with van der Waals surface area (Å²) in [5.74, 6) is 0.714. The Morgan fingerprint density at radius 3 is 2.32 bits per heavy atom. The first-order chi connectivity index (χ1) is 10.7. The summed E-state index contributed by atoms with van der Waals surface area (Å²) < 4.78 is 5.40. The van der Waals surface area contributed by atoms with Crippen LogP contribution in [0, 0.1) is 6.92 Å². The second-order valence-electron chi connectivity index (χ2n) is 5.17. The molecule has 3 nitrogen and oxygen atoms in total. The van der Waals surface area contributed by atoms with Crippen molar-refractivity contribution in [2.75, 3.05) is 4.90 Å². The lowest BCUT2D eigenvalue weighted by Crippen LogP contribution is -2.30. The molecule has 3 heteroatoms. The molecule has 0 saturated carbocycles. The predicted molar refractivity (Wildman–Crippen MR) is 86.8 cm³/mol. The molecule has 0 N–H and O–H groups in total. The Morgan fingerprint density at radius 2 is 1.68 bits per heavy atom. The minimum atomic E-state index is -0.0409. The summed E-state index contributed by atoms with van der Waals surface area (Å²) in [7, 11) is 0. The fourth-order valence-electron chi connectivity index (χ4n) is 2.30. The summed E-state index contributed by atoms with van der Waals surface area (Å²) in [5.41, 5.74) is 2.68. The van der Waals surface area contributed by atoms with Crippen molar-refractivity contribution < 1.29 is 9.21 Å². The Morgan fingerprint density at radius 1 is 0.955 bits per heavy atom. The van der Waals surface area contributed by atoms with E-state index in [1.807, 2.05) is 73.7 Å². The highest BCUT2D eigenvalue weighted by atomic mass is 16.3. The summed E-state index contributed by atoms with van der Waals surface area (Å²) in [6, 6.07) is 20.9. The van der Waals surface area contributed by atoms with Gasteiger partial charge in [-0.15, -0.1) is 0 Å². The Balaban J connectivity index is 1.95.